The van der Waals surface area contributed by atoms with E-state index in [-0.39, 0.29) is 12.5 Å². The topological polar surface area (TPSA) is 56.6 Å². The first-order valence-corrected chi connectivity index (χ1v) is 6.96. The second kappa shape index (κ2) is 4.80. The SMILES string of the molecule is O=C(C1COc2ccccc2O1)N1CC(n2ccnc2)C1. The van der Waals surface area contributed by atoms with Gasteiger partial charge in [0.1, 0.15) is 6.61 Å². The van der Waals surface area contributed by atoms with Crippen LogP contribution < -0.4 is 9.47 Å². The van der Waals surface area contributed by atoms with Crippen molar-refractivity contribution in [3.8, 4) is 11.5 Å². The monoisotopic (exact) mass is 285 g/mol. The van der Waals surface area contributed by atoms with Crippen LogP contribution in [0.25, 0.3) is 0 Å². The Labute approximate surface area is 121 Å². The van der Waals surface area contributed by atoms with E-state index in [2.05, 4.69) is 4.98 Å². The number of hydrogen-bond donors (Lipinski definition) is 0. The van der Waals surface area contributed by atoms with Gasteiger partial charge in [0.05, 0.1) is 12.4 Å². The maximum Gasteiger partial charge on any atom is 0.267 e. The summed E-state index contributed by atoms with van der Waals surface area (Å²) in [5.41, 5.74) is 0. The van der Waals surface area contributed by atoms with Gasteiger partial charge >= 0.3 is 0 Å². The van der Waals surface area contributed by atoms with Gasteiger partial charge in [0.2, 0.25) is 6.10 Å². The normalized spacial score (nSPS) is 21.0. The van der Waals surface area contributed by atoms with Crippen LogP contribution in [0.3, 0.4) is 0 Å². The predicted octanol–water partition coefficient (Wildman–Crippen LogP) is 1.11. The fourth-order valence-corrected chi connectivity index (χ4v) is 2.65. The minimum Gasteiger partial charge on any atom is -0.485 e. The lowest BCUT2D eigenvalue weighted by Crippen LogP contribution is -2.56. The zero-order chi connectivity index (χ0) is 14.2. The molecule has 2 aliphatic rings. The van der Waals surface area contributed by atoms with Crippen LogP contribution in [-0.2, 0) is 4.79 Å². The van der Waals surface area contributed by atoms with Crippen LogP contribution in [0, 0.1) is 0 Å². The van der Waals surface area contributed by atoms with Crippen molar-refractivity contribution in [3.63, 3.8) is 0 Å². The molecular formula is C15H15N3O3. The third kappa shape index (κ3) is 2.12. The highest BCUT2D eigenvalue weighted by atomic mass is 16.6. The molecule has 6 heteroatoms. The zero-order valence-corrected chi connectivity index (χ0v) is 11.4. The summed E-state index contributed by atoms with van der Waals surface area (Å²) < 4.78 is 13.4. The number of carbonyl (C=O) groups is 1. The van der Waals surface area contributed by atoms with Crippen molar-refractivity contribution >= 4 is 5.91 Å². The summed E-state index contributed by atoms with van der Waals surface area (Å²) in [5, 5.41) is 0. The lowest BCUT2D eigenvalue weighted by Gasteiger charge is -2.41. The minimum absolute atomic E-state index is 0.0131. The van der Waals surface area contributed by atoms with Crippen molar-refractivity contribution in [2.75, 3.05) is 19.7 Å². The number of ether oxygens (including phenoxy) is 2. The van der Waals surface area contributed by atoms with Gasteiger partial charge in [-0.1, -0.05) is 12.1 Å². The largest absolute Gasteiger partial charge is 0.485 e. The maximum absolute atomic E-state index is 12.4. The maximum atomic E-state index is 12.4. The van der Waals surface area contributed by atoms with Crippen molar-refractivity contribution in [3.05, 3.63) is 43.0 Å². The molecule has 1 atom stereocenters. The summed E-state index contributed by atoms with van der Waals surface area (Å²) in [4.78, 5) is 18.2. The molecule has 0 N–H and O–H groups in total. The number of aromatic nitrogens is 2. The fourth-order valence-electron chi connectivity index (χ4n) is 2.65. The van der Waals surface area contributed by atoms with Gasteiger partial charge in [-0.25, -0.2) is 4.98 Å². The Morgan fingerprint density at radius 2 is 2.05 bits per heavy atom. The number of hydrogen-bond acceptors (Lipinski definition) is 4. The van der Waals surface area contributed by atoms with Gasteiger partial charge < -0.3 is 18.9 Å². The number of rotatable bonds is 2. The van der Waals surface area contributed by atoms with Crippen molar-refractivity contribution in [2.24, 2.45) is 0 Å². The number of nitrogens with zero attached hydrogens (tertiary/aromatic N) is 3. The summed E-state index contributed by atoms with van der Waals surface area (Å²) in [6, 6.07) is 7.73. The van der Waals surface area contributed by atoms with Crippen LogP contribution in [0.15, 0.2) is 43.0 Å². The van der Waals surface area contributed by atoms with Crippen LogP contribution in [0.1, 0.15) is 6.04 Å². The van der Waals surface area contributed by atoms with Gasteiger partial charge in [0.25, 0.3) is 5.91 Å². The zero-order valence-electron chi connectivity index (χ0n) is 11.4. The minimum atomic E-state index is -0.552. The Kier molecular flexibility index (Phi) is 2.80. The van der Waals surface area contributed by atoms with Gasteiger partial charge in [0, 0.05) is 25.5 Å². The van der Waals surface area contributed by atoms with Gasteiger partial charge in [-0.15, -0.1) is 0 Å². The Balaban J connectivity index is 1.39. The molecule has 1 aromatic heterocycles. The van der Waals surface area contributed by atoms with Crippen LogP contribution in [0.2, 0.25) is 0 Å². The highest BCUT2D eigenvalue weighted by Gasteiger charge is 2.38. The molecule has 2 aromatic rings. The van der Waals surface area contributed by atoms with E-state index in [0.717, 1.165) is 0 Å². The second-order valence-corrected chi connectivity index (χ2v) is 5.27. The predicted molar refractivity (Wildman–Crippen MR) is 74.2 cm³/mol. The van der Waals surface area contributed by atoms with Crippen molar-refractivity contribution in [1.82, 2.24) is 14.5 Å². The van der Waals surface area contributed by atoms with E-state index in [0.29, 0.717) is 30.6 Å². The smallest absolute Gasteiger partial charge is 0.267 e. The molecule has 1 saturated heterocycles. The van der Waals surface area contributed by atoms with Gasteiger partial charge in [-0.2, -0.15) is 0 Å². The first-order valence-electron chi connectivity index (χ1n) is 6.96. The molecule has 6 nitrogen and oxygen atoms in total. The summed E-state index contributed by atoms with van der Waals surface area (Å²) in [7, 11) is 0. The molecule has 4 rings (SSSR count). The first-order chi connectivity index (χ1) is 10.3. The highest BCUT2D eigenvalue weighted by molar-refractivity contribution is 5.82. The quantitative estimate of drug-likeness (QED) is 0.829. The van der Waals surface area contributed by atoms with E-state index < -0.39 is 6.10 Å². The molecule has 0 spiro atoms. The fraction of sp³-hybridized carbons (Fsp3) is 0.333. The lowest BCUT2D eigenvalue weighted by molar-refractivity contribution is -0.147. The molecule has 0 saturated carbocycles. The van der Waals surface area contributed by atoms with Crippen molar-refractivity contribution in [2.45, 2.75) is 12.1 Å². The third-order valence-electron chi connectivity index (χ3n) is 3.90. The molecule has 0 bridgehead atoms. The average molecular weight is 285 g/mol. The van der Waals surface area contributed by atoms with Crippen LogP contribution in [-0.4, -0.2) is 46.2 Å². The Morgan fingerprint density at radius 3 is 2.81 bits per heavy atom. The molecule has 1 aromatic carbocycles. The van der Waals surface area contributed by atoms with E-state index in [4.69, 9.17) is 9.47 Å². The Hall–Kier alpha value is -2.50. The summed E-state index contributed by atoms with van der Waals surface area (Å²) in [6.07, 6.45) is 4.90. The molecule has 0 aliphatic carbocycles. The average Bonchev–Trinajstić information content (AvgIpc) is 2.99. The van der Waals surface area contributed by atoms with Crippen LogP contribution in [0.5, 0.6) is 11.5 Å². The number of para-hydroxylation sites is 2. The van der Waals surface area contributed by atoms with Gasteiger partial charge in [-0.3, -0.25) is 4.79 Å². The number of imidazole rings is 1. The molecule has 1 amide bonds. The van der Waals surface area contributed by atoms with Crippen molar-refractivity contribution in [1.29, 1.82) is 0 Å². The second-order valence-electron chi connectivity index (χ2n) is 5.27. The van der Waals surface area contributed by atoms with E-state index in [1.165, 1.54) is 0 Å². The summed E-state index contributed by atoms with van der Waals surface area (Å²) >= 11 is 0. The van der Waals surface area contributed by atoms with Gasteiger partial charge in [0.15, 0.2) is 11.5 Å². The molecular weight excluding hydrogens is 270 g/mol. The van der Waals surface area contributed by atoms with E-state index in [1.807, 2.05) is 35.0 Å². The van der Waals surface area contributed by atoms with E-state index in [9.17, 15) is 4.79 Å². The summed E-state index contributed by atoms with van der Waals surface area (Å²) in [6.45, 7) is 1.65. The molecule has 108 valence electrons. The first kappa shape index (κ1) is 12.3. The third-order valence-corrected chi connectivity index (χ3v) is 3.90. The molecule has 3 heterocycles. The molecule has 21 heavy (non-hydrogen) atoms. The van der Waals surface area contributed by atoms with Crippen molar-refractivity contribution < 1.29 is 14.3 Å². The highest BCUT2D eigenvalue weighted by Crippen LogP contribution is 2.32. The Morgan fingerprint density at radius 1 is 1.24 bits per heavy atom. The Bertz CT molecular complexity index is 650. The van der Waals surface area contributed by atoms with Crippen LogP contribution in [0.4, 0.5) is 0 Å². The number of fused-ring (bicyclic) bond motifs is 1. The molecule has 1 fully saturated rings. The van der Waals surface area contributed by atoms with Crippen LogP contribution >= 0.6 is 0 Å². The standard InChI is InChI=1S/C15H15N3O3/c19-15(18-7-11(8-18)17-6-5-16-10-17)14-9-20-12-3-1-2-4-13(12)21-14/h1-6,10-11,14H,7-9H2. The molecule has 0 radical (unpaired) electrons. The van der Waals surface area contributed by atoms with E-state index in [1.54, 1.807) is 17.4 Å². The molecule has 2 aliphatic heterocycles. The molecule has 1 unspecified atom stereocenters. The number of amides is 1. The number of carbonyl (C=O) groups excluding carboxylic acids is 1. The van der Waals surface area contributed by atoms with Gasteiger partial charge in [-0.05, 0) is 12.1 Å². The van der Waals surface area contributed by atoms with E-state index >= 15 is 0 Å². The number of likely N-dealkylation sites (tertiary alicyclic amines) is 1. The lowest BCUT2D eigenvalue weighted by atomic mass is 10.1. The number of benzene rings is 1. The summed E-state index contributed by atoms with van der Waals surface area (Å²) in [5.74, 6) is 1.32.